The second-order valence-corrected chi connectivity index (χ2v) is 21.5. The van der Waals surface area contributed by atoms with Crippen LogP contribution in [0.1, 0.15) is 125 Å². The van der Waals surface area contributed by atoms with E-state index in [9.17, 15) is 27.6 Å². The van der Waals surface area contributed by atoms with Crippen LogP contribution in [0.2, 0.25) is 0 Å². The van der Waals surface area contributed by atoms with Crippen molar-refractivity contribution in [3.05, 3.63) is 0 Å². The summed E-state index contributed by atoms with van der Waals surface area (Å²) in [5.74, 6) is -1.94. The molecule has 2 spiro atoms. The Kier molecular flexibility index (Phi) is 10.4. The molecule has 15 heteroatoms. The number of urea groups is 1. The van der Waals surface area contributed by atoms with E-state index in [1.165, 1.54) is 0 Å². The number of nitrogens with zero attached hydrogens (tertiary/aromatic N) is 2. The Hall–Kier alpha value is -2.94. The second kappa shape index (κ2) is 14.2. The lowest BCUT2D eigenvalue weighted by molar-refractivity contribution is -0.142. The molecule has 5 saturated carbocycles. The Morgan fingerprint density at radius 1 is 0.855 bits per heavy atom. The first-order valence-corrected chi connectivity index (χ1v) is 22.5. The van der Waals surface area contributed by atoms with Crippen LogP contribution in [0.4, 0.5) is 4.79 Å². The average Bonchev–Trinajstić information content (AvgIpc) is 4.07. The van der Waals surface area contributed by atoms with Crippen LogP contribution in [0.15, 0.2) is 0 Å². The summed E-state index contributed by atoms with van der Waals surface area (Å²) < 4.78 is 33.3. The lowest BCUT2D eigenvalue weighted by Gasteiger charge is -2.38. The summed E-state index contributed by atoms with van der Waals surface area (Å²) in [6.45, 7) is 14.2. The summed E-state index contributed by atoms with van der Waals surface area (Å²) in [7, 11) is -3.83. The van der Waals surface area contributed by atoms with Gasteiger partial charge in [0.25, 0.3) is 5.91 Å². The van der Waals surface area contributed by atoms with Gasteiger partial charge in [-0.2, -0.15) is 0 Å². The zero-order chi connectivity index (χ0) is 39.8. The van der Waals surface area contributed by atoms with Gasteiger partial charge in [0.15, 0.2) is 0 Å². The third kappa shape index (κ3) is 6.84. The molecule has 0 aromatic carbocycles. The molecule has 2 aliphatic heterocycles. The van der Waals surface area contributed by atoms with Crippen LogP contribution in [-0.4, -0.2) is 110 Å². The van der Waals surface area contributed by atoms with Gasteiger partial charge in [0.2, 0.25) is 27.7 Å². The molecule has 7 aliphatic rings. The molecule has 0 aromatic rings. The van der Waals surface area contributed by atoms with Crippen LogP contribution in [0.3, 0.4) is 0 Å². The fourth-order valence-corrected chi connectivity index (χ4v) is 12.7. The van der Waals surface area contributed by atoms with Crippen molar-refractivity contribution >= 4 is 39.7 Å². The minimum Gasteiger partial charge on any atom is -0.378 e. The first-order valence-electron chi connectivity index (χ1n) is 21.0. The van der Waals surface area contributed by atoms with Gasteiger partial charge < -0.3 is 30.5 Å². The lowest BCUT2D eigenvalue weighted by atomic mass is 9.73. The van der Waals surface area contributed by atoms with Crippen molar-refractivity contribution in [3.8, 4) is 0 Å². The van der Waals surface area contributed by atoms with E-state index in [-0.39, 0.29) is 39.9 Å². The van der Waals surface area contributed by atoms with Gasteiger partial charge in [0.1, 0.15) is 23.7 Å². The number of amides is 6. The maximum Gasteiger partial charge on any atom is 0.316 e. The number of nitrogens with one attached hydrogen (secondary N) is 4. The average molecular weight is 789 g/mol. The maximum atomic E-state index is 15.0. The Bertz CT molecular complexity index is 1680. The fourth-order valence-electron chi connectivity index (χ4n) is 11.3. The molecular formula is C40H64N6O8S. The summed E-state index contributed by atoms with van der Waals surface area (Å²) in [6.07, 6.45) is 10.2. The van der Waals surface area contributed by atoms with E-state index in [4.69, 9.17) is 4.74 Å². The highest BCUT2D eigenvalue weighted by molar-refractivity contribution is 7.91. The number of rotatable bonds is 11. The minimum atomic E-state index is -3.83. The molecule has 6 amide bonds. The lowest BCUT2D eigenvalue weighted by Crippen LogP contribution is -2.62. The smallest absolute Gasteiger partial charge is 0.316 e. The highest BCUT2D eigenvalue weighted by atomic mass is 32.2. The van der Waals surface area contributed by atoms with Gasteiger partial charge in [-0.15, -0.1) is 0 Å². The molecule has 55 heavy (non-hydrogen) atoms. The third-order valence-electron chi connectivity index (χ3n) is 15.3. The number of fused-ring (bicyclic) bond motifs is 1. The van der Waals surface area contributed by atoms with Crippen LogP contribution in [0.25, 0.3) is 0 Å². The first kappa shape index (κ1) is 40.3. The number of likely N-dealkylation sites (tertiary alicyclic amines) is 1. The topological polar surface area (TPSA) is 183 Å². The number of carbonyl (C=O) groups is 5. The molecule has 2 saturated heterocycles. The maximum absolute atomic E-state index is 15.0. The number of morpholine rings is 1. The van der Waals surface area contributed by atoms with E-state index in [0.29, 0.717) is 65.0 Å². The molecule has 7 fully saturated rings. The third-order valence-corrected chi connectivity index (χ3v) is 17.1. The number of ether oxygens (including phenoxy) is 1. The van der Waals surface area contributed by atoms with Crippen LogP contribution < -0.4 is 20.7 Å². The zero-order valence-electron chi connectivity index (χ0n) is 33.8. The molecule has 5 aliphatic carbocycles. The quantitative estimate of drug-likeness (QED) is 0.246. The molecular weight excluding hydrogens is 725 g/mol. The van der Waals surface area contributed by atoms with E-state index in [2.05, 4.69) is 34.5 Å². The Labute approximate surface area is 326 Å². The van der Waals surface area contributed by atoms with Gasteiger partial charge in [0, 0.05) is 25.0 Å². The molecule has 0 aromatic heterocycles. The summed E-state index contributed by atoms with van der Waals surface area (Å²) in [4.78, 5) is 74.6. The molecule has 2 heterocycles. The van der Waals surface area contributed by atoms with Gasteiger partial charge in [-0.1, -0.05) is 73.6 Å². The number of hydrogen-bond donors (Lipinski definition) is 4. The summed E-state index contributed by atoms with van der Waals surface area (Å²) >= 11 is 0. The molecule has 0 unspecified atom stereocenters. The van der Waals surface area contributed by atoms with Gasteiger partial charge in [-0.05, 0) is 79.4 Å². The van der Waals surface area contributed by atoms with Gasteiger partial charge in [0.05, 0.1) is 18.5 Å². The predicted molar refractivity (Wildman–Crippen MR) is 205 cm³/mol. The molecule has 7 rings (SSSR count). The van der Waals surface area contributed by atoms with Crippen molar-refractivity contribution < 1.29 is 37.1 Å². The van der Waals surface area contributed by atoms with Crippen molar-refractivity contribution in [2.75, 3.05) is 32.8 Å². The molecule has 4 N–H and O–H groups in total. The van der Waals surface area contributed by atoms with Gasteiger partial charge in [-0.25, -0.2) is 13.2 Å². The van der Waals surface area contributed by atoms with E-state index in [1.807, 2.05) is 27.7 Å². The van der Waals surface area contributed by atoms with Crippen molar-refractivity contribution in [3.63, 3.8) is 0 Å². The van der Waals surface area contributed by atoms with Crippen molar-refractivity contribution in [2.24, 2.45) is 33.5 Å². The number of hydrogen-bond acceptors (Lipinski definition) is 8. The highest BCUT2D eigenvalue weighted by Crippen LogP contribution is 2.88. The van der Waals surface area contributed by atoms with Crippen molar-refractivity contribution in [2.45, 2.75) is 154 Å². The second-order valence-electron chi connectivity index (χ2n) is 19.5. The van der Waals surface area contributed by atoms with Crippen molar-refractivity contribution in [1.29, 1.82) is 0 Å². The highest BCUT2D eigenvalue weighted by Gasteiger charge is 2.85. The van der Waals surface area contributed by atoms with Crippen molar-refractivity contribution in [1.82, 2.24) is 30.5 Å². The zero-order valence-corrected chi connectivity index (χ0v) is 34.6. The monoisotopic (exact) mass is 788 g/mol. The SMILES string of the molecule is CC[C@@H]1C[C@]1(NC(=O)[C@@H]1C[C@@]2(CN1C(=O)[C@@H](NC(=O)N[C@H](C(=O)N1CCOCC1)C1CCCCC1)C(C)(C)C)C(C)(C)C21CCC1)C(=O)NS(=O)(=O)C1CC1. The van der Waals surface area contributed by atoms with E-state index in [1.54, 1.807) is 9.80 Å². The first-order chi connectivity index (χ1) is 25.8. The van der Waals surface area contributed by atoms with E-state index in [0.717, 1.165) is 51.4 Å². The normalized spacial score (nSPS) is 32.3. The number of sulfonamides is 1. The Balaban J connectivity index is 1.13. The Morgan fingerprint density at radius 3 is 2.04 bits per heavy atom. The standard InChI is InChI=1S/C40H64N6O8S/c1-7-26-22-40(26,34(50)44-55(52,53)27-14-15-27)43-31(47)28-23-39(37(5,6)38(39)16-11-17-38)24-46(28)33(49)30(36(2,3)4)42-35(51)41-29(25-12-9-8-10-13-25)32(48)45-18-20-54-21-19-45/h25-30H,7-24H2,1-6H3,(H,43,47)(H,44,50)(H2,41,42,51)/t26-,28+,29+,30-,39-,40-/m1/s1. The Morgan fingerprint density at radius 2 is 1.51 bits per heavy atom. The molecule has 0 bridgehead atoms. The summed E-state index contributed by atoms with van der Waals surface area (Å²) in [5, 5.41) is 8.39. The number of carbonyl (C=O) groups excluding carboxylic acids is 5. The largest absolute Gasteiger partial charge is 0.378 e. The van der Waals surface area contributed by atoms with E-state index < -0.39 is 62.2 Å². The molecule has 14 nitrogen and oxygen atoms in total. The predicted octanol–water partition coefficient (Wildman–Crippen LogP) is 3.20. The fraction of sp³-hybridized carbons (Fsp3) is 0.875. The van der Waals surface area contributed by atoms with Crippen LogP contribution >= 0.6 is 0 Å². The minimum absolute atomic E-state index is 0.00159. The van der Waals surface area contributed by atoms with Crippen LogP contribution in [0.5, 0.6) is 0 Å². The van der Waals surface area contributed by atoms with Crippen LogP contribution in [-0.2, 0) is 33.9 Å². The van der Waals surface area contributed by atoms with Crippen LogP contribution in [0, 0.1) is 33.5 Å². The summed E-state index contributed by atoms with van der Waals surface area (Å²) in [6, 6.07) is -3.28. The molecule has 0 radical (unpaired) electrons. The van der Waals surface area contributed by atoms with Gasteiger partial charge in [-0.3, -0.25) is 23.9 Å². The molecule has 6 atom stereocenters. The summed E-state index contributed by atoms with van der Waals surface area (Å²) in [5.41, 5.74) is -2.57. The van der Waals surface area contributed by atoms with Gasteiger partial charge >= 0.3 is 6.03 Å². The molecule has 308 valence electrons. The van der Waals surface area contributed by atoms with E-state index >= 15 is 4.79 Å².